The Kier molecular flexibility index (Phi) is 4.29. The summed E-state index contributed by atoms with van der Waals surface area (Å²) in [6, 6.07) is 5.69. The Labute approximate surface area is 92.3 Å². The van der Waals surface area contributed by atoms with E-state index in [9.17, 15) is 4.79 Å². The lowest BCUT2D eigenvalue weighted by Gasteiger charge is -2.06. The van der Waals surface area contributed by atoms with E-state index in [0.717, 1.165) is 16.0 Å². The lowest BCUT2D eigenvalue weighted by molar-refractivity contribution is -0.136. The zero-order valence-electron chi connectivity index (χ0n) is 7.79. The van der Waals surface area contributed by atoms with Crippen LogP contribution in [0.1, 0.15) is 11.1 Å². The van der Waals surface area contributed by atoms with E-state index in [4.69, 9.17) is 16.7 Å². The zero-order chi connectivity index (χ0) is 10.6. The SMILES string of the molecule is CSc1ccc(CCl)cc1CC(=O)O. The van der Waals surface area contributed by atoms with Crippen LogP contribution >= 0.6 is 23.4 Å². The fraction of sp³-hybridized carbons (Fsp3) is 0.300. The van der Waals surface area contributed by atoms with Gasteiger partial charge in [-0.1, -0.05) is 12.1 Å². The van der Waals surface area contributed by atoms with Gasteiger partial charge in [0.15, 0.2) is 0 Å². The van der Waals surface area contributed by atoms with Gasteiger partial charge < -0.3 is 5.11 Å². The van der Waals surface area contributed by atoms with Gasteiger partial charge in [0.05, 0.1) is 6.42 Å². The largest absolute Gasteiger partial charge is 0.481 e. The number of halogens is 1. The number of thioether (sulfide) groups is 1. The minimum atomic E-state index is -0.813. The average molecular weight is 231 g/mol. The van der Waals surface area contributed by atoms with Crippen molar-refractivity contribution in [3.63, 3.8) is 0 Å². The molecule has 0 atom stereocenters. The first-order valence-corrected chi connectivity index (χ1v) is 5.87. The first kappa shape index (κ1) is 11.4. The topological polar surface area (TPSA) is 37.3 Å². The third kappa shape index (κ3) is 2.93. The predicted molar refractivity (Wildman–Crippen MR) is 59.1 cm³/mol. The Bertz CT molecular complexity index is 339. The Morgan fingerprint density at radius 1 is 1.57 bits per heavy atom. The number of benzene rings is 1. The van der Waals surface area contributed by atoms with E-state index in [2.05, 4.69) is 0 Å². The number of alkyl halides is 1. The van der Waals surface area contributed by atoms with Crippen molar-refractivity contribution in [2.45, 2.75) is 17.2 Å². The van der Waals surface area contributed by atoms with Crippen molar-refractivity contribution in [1.29, 1.82) is 0 Å². The van der Waals surface area contributed by atoms with Gasteiger partial charge in [-0.3, -0.25) is 4.79 Å². The third-order valence-corrected chi connectivity index (χ3v) is 2.99. The van der Waals surface area contributed by atoms with Gasteiger partial charge >= 0.3 is 5.97 Å². The molecule has 1 rings (SSSR count). The van der Waals surface area contributed by atoms with Crippen LogP contribution in [0.25, 0.3) is 0 Å². The molecule has 0 aliphatic carbocycles. The molecule has 0 saturated carbocycles. The van der Waals surface area contributed by atoms with E-state index < -0.39 is 5.97 Å². The molecule has 0 aliphatic heterocycles. The molecule has 1 aromatic rings. The van der Waals surface area contributed by atoms with Gasteiger partial charge in [0.1, 0.15) is 0 Å². The summed E-state index contributed by atoms with van der Waals surface area (Å²) in [6.07, 6.45) is 1.99. The van der Waals surface area contributed by atoms with Crippen molar-refractivity contribution in [3.8, 4) is 0 Å². The average Bonchev–Trinajstić information content (AvgIpc) is 2.16. The van der Waals surface area contributed by atoms with Crippen LogP contribution in [0, 0.1) is 0 Å². The molecular weight excluding hydrogens is 220 g/mol. The Balaban J connectivity index is 3.01. The second kappa shape index (κ2) is 5.27. The lowest BCUT2D eigenvalue weighted by atomic mass is 10.1. The summed E-state index contributed by atoms with van der Waals surface area (Å²) in [5, 5.41) is 8.71. The van der Waals surface area contributed by atoms with E-state index in [1.807, 2.05) is 24.5 Å². The molecule has 1 N–H and O–H groups in total. The monoisotopic (exact) mass is 230 g/mol. The van der Waals surface area contributed by atoms with Gasteiger partial charge in [-0.15, -0.1) is 23.4 Å². The summed E-state index contributed by atoms with van der Waals surface area (Å²) in [7, 11) is 0. The summed E-state index contributed by atoms with van der Waals surface area (Å²) in [5.74, 6) is -0.395. The molecule has 0 saturated heterocycles. The van der Waals surface area contributed by atoms with Crippen LogP contribution in [0.3, 0.4) is 0 Å². The Morgan fingerprint density at radius 3 is 2.79 bits per heavy atom. The predicted octanol–water partition coefficient (Wildman–Crippen LogP) is 2.77. The first-order chi connectivity index (χ1) is 6.67. The highest BCUT2D eigenvalue weighted by molar-refractivity contribution is 7.98. The molecular formula is C10H11ClO2S. The van der Waals surface area contributed by atoms with Gasteiger partial charge in [-0.25, -0.2) is 0 Å². The summed E-state index contributed by atoms with van der Waals surface area (Å²) in [6.45, 7) is 0. The van der Waals surface area contributed by atoms with E-state index in [1.54, 1.807) is 11.8 Å². The van der Waals surface area contributed by atoms with Crippen molar-refractivity contribution in [1.82, 2.24) is 0 Å². The molecule has 4 heteroatoms. The van der Waals surface area contributed by atoms with Crippen molar-refractivity contribution < 1.29 is 9.90 Å². The highest BCUT2D eigenvalue weighted by Gasteiger charge is 2.06. The number of carbonyl (C=O) groups is 1. The highest BCUT2D eigenvalue weighted by Crippen LogP contribution is 2.22. The van der Waals surface area contributed by atoms with Gasteiger partial charge in [0.25, 0.3) is 0 Å². The lowest BCUT2D eigenvalue weighted by Crippen LogP contribution is -2.02. The van der Waals surface area contributed by atoms with Crippen molar-refractivity contribution in [2.24, 2.45) is 0 Å². The van der Waals surface area contributed by atoms with Crippen LogP contribution in [-0.4, -0.2) is 17.3 Å². The van der Waals surface area contributed by atoms with Crippen LogP contribution in [0.15, 0.2) is 23.1 Å². The van der Waals surface area contributed by atoms with Crippen molar-refractivity contribution in [2.75, 3.05) is 6.26 Å². The number of carboxylic acid groups (broad SMARTS) is 1. The maximum absolute atomic E-state index is 10.6. The van der Waals surface area contributed by atoms with Crippen molar-refractivity contribution >= 4 is 29.3 Å². The van der Waals surface area contributed by atoms with E-state index in [1.165, 1.54) is 0 Å². The number of hydrogen-bond acceptors (Lipinski definition) is 2. The zero-order valence-corrected chi connectivity index (χ0v) is 9.36. The van der Waals surface area contributed by atoms with E-state index in [-0.39, 0.29) is 6.42 Å². The smallest absolute Gasteiger partial charge is 0.307 e. The molecule has 0 aromatic heterocycles. The third-order valence-electron chi connectivity index (χ3n) is 1.84. The molecule has 0 fully saturated rings. The molecule has 0 amide bonds. The molecule has 0 spiro atoms. The quantitative estimate of drug-likeness (QED) is 0.639. The molecule has 0 heterocycles. The van der Waals surface area contributed by atoms with Gasteiger partial charge in [0.2, 0.25) is 0 Å². The number of aliphatic carboxylic acids is 1. The minimum absolute atomic E-state index is 0.0565. The molecule has 0 bridgehead atoms. The van der Waals surface area contributed by atoms with Gasteiger partial charge in [0, 0.05) is 10.8 Å². The molecule has 0 unspecified atom stereocenters. The number of carboxylic acids is 1. The van der Waals surface area contributed by atoms with Crippen LogP contribution in [0.5, 0.6) is 0 Å². The second-order valence-corrected chi connectivity index (χ2v) is 3.97. The fourth-order valence-electron chi connectivity index (χ4n) is 1.22. The van der Waals surface area contributed by atoms with E-state index >= 15 is 0 Å². The molecule has 76 valence electrons. The Morgan fingerprint density at radius 2 is 2.29 bits per heavy atom. The van der Waals surface area contributed by atoms with Crippen LogP contribution in [0.2, 0.25) is 0 Å². The number of rotatable bonds is 4. The van der Waals surface area contributed by atoms with Crippen LogP contribution < -0.4 is 0 Å². The highest BCUT2D eigenvalue weighted by atomic mass is 35.5. The Hall–Kier alpha value is -0.670. The molecule has 1 aromatic carbocycles. The normalized spacial score (nSPS) is 10.1. The van der Waals surface area contributed by atoms with Crippen LogP contribution in [0.4, 0.5) is 0 Å². The molecule has 14 heavy (non-hydrogen) atoms. The van der Waals surface area contributed by atoms with Crippen LogP contribution in [-0.2, 0) is 17.1 Å². The fourth-order valence-corrected chi connectivity index (χ4v) is 1.98. The second-order valence-electron chi connectivity index (χ2n) is 2.85. The summed E-state index contributed by atoms with van der Waals surface area (Å²) in [4.78, 5) is 11.6. The molecule has 0 radical (unpaired) electrons. The maximum Gasteiger partial charge on any atom is 0.307 e. The molecule has 0 aliphatic rings. The maximum atomic E-state index is 10.6. The molecule has 2 nitrogen and oxygen atoms in total. The standard InChI is InChI=1S/C10H11ClO2S/c1-14-9-3-2-7(6-11)4-8(9)5-10(12)13/h2-4H,5-6H2,1H3,(H,12,13). The van der Waals surface area contributed by atoms with Gasteiger partial charge in [-0.05, 0) is 23.4 Å². The first-order valence-electron chi connectivity index (χ1n) is 4.11. The summed E-state index contributed by atoms with van der Waals surface area (Å²) >= 11 is 7.23. The summed E-state index contributed by atoms with van der Waals surface area (Å²) < 4.78 is 0. The van der Waals surface area contributed by atoms with Crippen molar-refractivity contribution in [3.05, 3.63) is 29.3 Å². The number of hydrogen-bond donors (Lipinski definition) is 1. The minimum Gasteiger partial charge on any atom is -0.481 e. The van der Waals surface area contributed by atoms with E-state index in [0.29, 0.717) is 5.88 Å². The van der Waals surface area contributed by atoms with Gasteiger partial charge in [-0.2, -0.15) is 0 Å². The summed E-state index contributed by atoms with van der Waals surface area (Å²) in [5.41, 5.74) is 1.80.